The lowest BCUT2D eigenvalue weighted by molar-refractivity contribution is 0.0219. The van der Waals surface area contributed by atoms with Gasteiger partial charge in [0.1, 0.15) is 12.2 Å². The molecule has 1 N–H and O–H groups in total. The van der Waals surface area contributed by atoms with E-state index in [-0.39, 0.29) is 35.7 Å². The van der Waals surface area contributed by atoms with Crippen LogP contribution in [0.25, 0.3) is 0 Å². The Kier molecular flexibility index (Phi) is 34.4. The fraction of sp³-hybridized carbons (Fsp3) is 0.636. The highest BCUT2D eigenvalue weighted by Crippen LogP contribution is 2.19. The third-order valence-corrected chi connectivity index (χ3v) is 8.42. The van der Waals surface area contributed by atoms with Crippen LogP contribution in [0.3, 0.4) is 0 Å². The molecule has 0 bridgehead atoms. The van der Waals surface area contributed by atoms with Crippen molar-refractivity contribution in [1.82, 2.24) is 0 Å². The maximum Gasteiger partial charge on any atom is 0.339 e. The Bertz CT molecular complexity index is 1170. The largest absolute Gasteiger partial charge is 0.462 e. The summed E-state index contributed by atoms with van der Waals surface area (Å²) in [6, 6.07) is 13.4. The molecule has 0 saturated carbocycles. The summed E-state index contributed by atoms with van der Waals surface area (Å²) in [6.07, 6.45) is 15.2. The second-order valence-electron chi connectivity index (χ2n) is 13.0. The van der Waals surface area contributed by atoms with Gasteiger partial charge in [-0.25, -0.2) is 19.2 Å². The van der Waals surface area contributed by atoms with E-state index in [4.69, 9.17) is 24.1 Å². The lowest BCUT2D eigenvalue weighted by atomic mass is 10.1. The highest BCUT2D eigenvalue weighted by molar-refractivity contribution is 6.03. The summed E-state index contributed by atoms with van der Waals surface area (Å²) < 4.78 is 21.7. The standard InChI is InChI=1S/C24H38O4.C16H22O4.C4H10O.ClH/c1-5-9-11-15-19(7-3)27-23(25)21-17-13-14-18-22(21)24(26)28-20(8-4)16-12-10-6-2;1-3-5-11-19-15(17)13-9-7-8-10-14(13)16(18)20-12-6-4-2;1-2-3-4-5;/h13-14,17-20H,5-12,15-16H2,1-4H3;7-10H,3-6,11-12H2,1-2H3;5H,2-4H2,1H3;1H. The Morgan fingerprint density at radius 1 is 0.481 bits per heavy atom. The van der Waals surface area contributed by atoms with Gasteiger partial charge in [0, 0.05) is 6.61 Å². The summed E-state index contributed by atoms with van der Waals surface area (Å²) in [5.74, 6) is -1.81. The van der Waals surface area contributed by atoms with Crippen molar-refractivity contribution in [3.63, 3.8) is 0 Å². The summed E-state index contributed by atoms with van der Waals surface area (Å²) in [5.41, 5.74) is 1.13. The molecule has 0 aliphatic carbocycles. The Morgan fingerprint density at radius 2 is 0.796 bits per heavy atom. The lowest BCUT2D eigenvalue weighted by Crippen LogP contribution is -2.22. The highest BCUT2D eigenvalue weighted by Gasteiger charge is 2.23. The highest BCUT2D eigenvalue weighted by atomic mass is 35.5. The third-order valence-electron chi connectivity index (χ3n) is 8.42. The minimum Gasteiger partial charge on any atom is -0.462 e. The average molecular weight is 779 g/mol. The fourth-order valence-corrected chi connectivity index (χ4v) is 4.98. The number of halogens is 1. The number of esters is 4. The van der Waals surface area contributed by atoms with Crippen molar-refractivity contribution < 1.29 is 43.2 Å². The molecule has 0 spiro atoms. The van der Waals surface area contributed by atoms with Crippen molar-refractivity contribution in [1.29, 1.82) is 0 Å². The summed E-state index contributed by atoms with van der Waals surface area (Å²) in [7, 11) is 0. The SMILES string of the molecule is CCCCCC(CC)OC(=O)c1ccccc1C(=O)OC(CC)CCCCC.CCCCO.CCCCOC(=O)c1ccccc1C(=O)OCCCC.Cl. The number of unbranched alkanes of at least 4 members (excludes halogenated alkanes) is 7. The number of hydrogen-bond donors (Lipinski definition) is 1. The number of hydrogen-bond acceptors (Lipinski definition) is 9. The fourth-order valence-electron chi connectivity index (χ4n) is 4.98. The topological polar surface area (TPSA) is 125 Å². The second-order valence-corrected chi connectivity index (χ2v) is 13.0. The van der Waals surface area contributed by atoms with Crippen LogP contribution in [-0.2, 0) is 18.9 Å². The molecular formula is C44H71ClO9. The molecule has 0 fully saturated rings. The van der Waals surface area contributed by atoms with Crippen molar-refractivity contribution in [3.05, 3.63) is 70.8 Å². The molecule has 10 heteroatoms. The van der Waals surface area contributed by atoms with E-state index in [0.29, 0.717) is 30.9 Å². The number of aliphatic hydroxyl groups is 1. The number of carbonyl (C=O) groups is 4. The van der Waals surface area contributed by atoms with Crippen molar-refractivity contribution >= 4 is 36.3 Å². The van der Waals surface area contributed by atoms with Crippen LogP contribution < -0.4 is 0 Å². The number of ether oxygens (including phenoxy) is 4. The molecule has 0 radical (unpaired) electrons. The Morgan fingerprint density at radius 3 is 1.06 bits per heavy atom. The van der Waals surface area contributed by atoms with Crippen LogP contribution in [0.4, 0.5) is 0 Å². The maximum absolute atomic E-state index is 12.7. The maximum atomic E-state index is 12.7. The predicted molar refractivity (Wildman–Crippen MR) is 220 cm³/mol. The number of benzene rings is 2. The number of rotatable bonds is 24. The van der Waals surface area contributed by atoms with Crippen molar-refractivity contribution in [2.45, 2.75) is 163 Å². The van der Waals surface area contributed by atoms with Gasteiger partial charge < -0.3 is 24.1 Å². The van der Waals surface area contributed by atoms with E-state index in [1.807, 2.05) is 27.7 Å². The monoisotopic (exact) mass is 778 g/mol. The molecule has 2 unspecified atom stereocenters. The number of aliphatic hydroxyl groups excluding tert-OH is 1. The molecule has 2 aromatic rings. The Hall–Kier alpha value is -3.43. The summed E-state index contributed by atoms with van der Waals surface area (Å²) in [5, 5.41) is 8.07. The van der Waals surface area contributed by atoms with E-state index in [2.05, 4.69) is 20.8 Å². The molecule has 0 amide bonds. The van der Waals surface area contributed by atoms with Gasteiger partial charge in [-0.2, -0.15) is 0 Å². The van der Waals surface area contributed by atoms with Crippen molar-refractivity contribution in [2.24, 2.45) is 0 Å². The Labute approximate surface area is 332 Å². The quantitative estimate of drug-likeness (QED) is 0.0629. The van der Waals surface area contributed by atoms with Gasteiger partial charge in [-0.05, 0) is 82.1 Å². The van der Waals surface area contributed by atoms with Crippen LogP contribution >= 0.6 is 12.4 Å². The smallest absolute Gasteiger partial charge is 0.339 e. The minimum atomic E-state index is -0.471. The second kappa shape index (κ2) is 35.3. The molecule has 0 saturated heterocycles. The van der Waals surface area contributed by atoms with Gasteiger partial charge in [0.15, 0.2) is 0 Å². The van der Waals surface area contributed by atoms with Gasteiger partial charge in [0.25, 0.3) is 0 Å². The van der Waals surface area contributed by atoms with Crippen LogP contribution in [0.15, 0.2) is 48.5 Å². The Balaban J connectivity index is 0. The first-order valence-electron chi connectivity index (χ1n) is 20.2. The van der Waals surface area contributed by atoms with Crippen LogP contribution in [0, 0.1) is 0 Å². The van der Waals surface area contributed by atoms with Crippen LogP contribution in [-0.4, -0.2) is 61.0 Å². The first-order valence-corrected chi connectivity index (χ1v) is 20.2. The van der Waals surface area contributed by atoms with Crippen molar-refractivity contribution in [2.75, 3.05) is 19.8 Å². The number of carbonyl (C=O) groups excluding carboxylic acids is 4. The van der Waals surface area contributed by atoms with Gasteiger partial charge in [-0.3, -0.25) is 0 Å². The molecule has 9 nitrogen and oxygen atoms in total. The van der Waals surface area contributed by atoms with E-state index >= 15 is 0 Å². The zero-order valence-electron chi connectivity index (χ0n) is 34.3. The molecule has 2 rings (SSSR count). The average Bonchev–Trinajstić information content (AvgIpc) is 3.18. The van der Waals surface area contributed by atoms with E-state index in [1.165, 1.54) is 0 Å². The molecule has 308 valence electrons. The van der Waals surface area contributed by atoms with Gasteiger partial charge in [0.05, 0.1) is 35.5 Å². The first-order chi connectivity index (χ1) is 25.7. The van der Waals surface area contributed by atoms with E-state index in [9.17, 15) is 19.2 Å². The minimum absolute atomic E-state index is 0. The molecule has 0 aliphatic heterocycles. The molecule has 2 atom stereocenters. The van der Waals surface area contributed by atoms with Gasteiger partial charge >= 0.3 is 23.9 Å². The summed E-state index contributed by atoms with van der Waals surface area (Å²) >= 11 is 0. The van der Waals surface area contributed by atoms with Crippen LogP contribution in [0.1, 0.15) is 193 Å². The molecule has 0 heterocycles. The van der Waals surface area contributed by atoms with E-state index in [0.717, 1.165) is 103 Å². The lowest BCUT2D eigenvalue weighted by Gasteiger charge is -2.19. The van der Waals surface area contributed by atoms with Crippen LogP contribution in [0.2, 0.25) is 0 Å². The van der Waals surface area contributed by atoms with Crippen LogP contribution in [0.5, 0.6) is 0 Å². The summed E-state index contributed by atoms with van der Waals surface area (Å²) in [6.45, 7) is 15.5. The summed E-state index contributed by atoms with van der Waals surface area (Å²) in [4.78, 5) is 49.3. The zero-order valence-corrected chi connectivity index (χ0v) is 35.1. The van der Waals surface area contributed by atoms with E-state index < -0.39 is 23.9 Å². The van der Waals surface area contributed by atoms with E-state index in [1.54, 1.807) is 48.5 Å². The normalized spacial score (nSPS) is 11.3. The van der Waals surface area contributed by atoms with Crippen molar-refractivity contribution in [3.8, 4) is 0 Å². The molecule has 2 aromatic carbocycles. The zero-order chi connectivity index (χ0) is 39.7. The molecule has 0 aliphatic rings. The predicted octanol–water partition coefficient (Wildman–Crippen LogP) is 11.5. The molecule has 0 aromatic heterocycles. The first kappa shape index (κ1) is 52.7. The molecule has 54 heavy (non-hydrogen) atoms. The van der Waals surface area contributed by atoms with Gasteiger partial charge in [-0.15, -0.1) is 12.4 Å². The molecular weight excluding hydrogens is 708 g/mol. The van der Waals surface area contributed by atoms with Gasteiger partial charge in [-0.1, -0.05) is 118 Å². The third kappa shape index (κ3) is 23.4. The van der Waals surface area contributed by atoms with Gasteiger partial charge in [0.2, 0.25) is 0 Å².